The van der Waals surface area contributed by atoms with E-state index in [4.69, 9.17) is 5.73 Å². The maximum atomic E-state index is 12.3. The summed E-state index contributed by atoms with van der Waals surface area (Å²) < 4.78 is 1.28. The van der Waals surface area contributed by atoms with Crippen LogP contribution in [0.1, 0.15) is 9.75 Å². The molecule has 0 aliphatic carbocycles. The number of nitrogen functional groups attached to an aromatic ring is 1. The summed E-state index contributed by atoms with van der Waals surface area (Å²) in [6.45, 7) is 6.76. The van der Waals surface area contributed by atoms with Gasteiger partial charge in [-0.3, -0.25) is 4.79 Å². The van der Waals surface area contributed by atoms with Gasteiger partial charge in [0, 0.05) is 16.3 Å². The van der Waals surface area contributed by atoms with E-state index >= 15 is 0 Å². The summed E-state index contributed by atoms with van der Waals surface area (Å²) in [5.41, 5.74) is 5.56. The van der Waals surface area contributed by atoms with Gasteiger partial charge in [-0.2, -0.15) is 0 Å². The van der Waals surface area contributed by atoms with E-state index in [1.807, 2.05) is 19.1 Å². The second-order valence-corrected chi connectivity index (χ2v) is 5.64. The van der Waals surface area contributed by atoms with Crippen LogP contribution in [0.4, 0.5) is 5.95 Å². The number of hydrogen-bond donors (Lipinski definition) is 1. The van der Waals surface area contributed by atoms with Crippen molar-refractivity contribution in [1.82, 2.24) is 25.1 Å². The summed E-state index contributed by atoms with van der Waals surface area (Å²) in [5.74, 6) is 0.0267. The molecule has 0 aliphatic heterocycles. The first kappa shape index (κ1) is 14.2. The third kappa shape index (κ3) is 3.41. The Morgan fingerprint density at radius 1 is 1.60 bits per heavy atom. The Hall–Kier alpha value is -2.22. The molecule has 0 radical (unpaired) electrons. The van der Waals surface area contributed by atoms with Crippen molar-refractivity contribution >= 4 is 23.2 Å². The number of carbonyl (C=O) groups is 1. The van der Waals surface area contributed by atoms with Gasteiger partial charge in [-0.1, -0.05) is 11.2 Å². The van der Waals surface area contributed by atoms with E-state index in [1.54, 1.807) is 22.3 Å². The van der Waals surface area contributed by atoms with E-state index in [9.17, 15) is 4.79 Å². The second kappa shape index (κ2) is 6.29. The number of anilines is 1. The zero-order chi connectivity index (χ0) is 14.5. The van der Waals surface area contributed by atoms with Crippen LogP contribution in [0.5, 0.6) is 0 Å². The molecule has 1 amide bonds. The van der Waals surface area contributed by atoms with Crippen molar-refractivity contribution in [3.63, 3.8) is 0 Å². The van der Waals surface area contributed by atoms with Crippen LogP contribution in [0.25, 0.3) is 0 Å². The number of nitrogens with two attached hydrogens (primary N) is 1. The molecule has 0 atom stereocenters. The van der Waals surface area contributed by atoms with Crippen LogP contribution in [0.15, 0.2) is 24.8 Å². The monoisotopic (exact) mass is 292 g/mol. The zero-order valence-electron chi connectivity index (χ0n) is 11.2. The lowest BCUT2D eigenvalue weighted by molar-refractivity contribution is -0.132. The zero-order valence-corrected chi connectivity index (χ0v) is 12.0. The van der Waals surface area contributed by atoms with Gasteiger partial charge in [0.2, 0.25) is 11.9 Å². The van der Waals surface area contributed by atoms with E-state index < -0.39 is 0 Å². The maximum Gasteiger partial charge on any atom is 0.245 e. The predicted molar refractivity (Wildman–Crippen MR) is 76.9 cm³/mol. The number of thiophene rings is 1. The van der Waals surface area contributed by atoms with Gasteiger partial charge in [0.15, 0.2) is 0 Å². The lowest BCUT2D eigenvalue weighted by Gasteiger charge is -2.20. The number of tetrazole rings is 1. The first-order valence-electron chi connectivity index (χ1n) is 6.05. The third-order valence-electron chi connectivity index (χ3n) is 2.69. The fourth-order valence-electron chi connectivity index (χ4n) is 1.72. The van der Waals surface area contributed by atoms with Gasteiger partial charge in [-0.15, -0.1) is 17.9 Å². The number of aromatic nitrogens is 4. The van der Waals surface area contributed by atoms with Gasteiger partial charge in [-0.05, 0) is 29.5 Å². The van der Waals surface area contributed by atoms with Crippen LogP contribution in [0.2, 0.25) is 0 Å². The largest absolute Gasteiger partial charge is 0.367 e. The minimum Gasteiger partial charge on any atom is -0.367 e. The number of carbonyl (C=O) groups excluding carboxylic acids is 1. The van der Waals surface area contributed by atoms with Crippen LogP contribution in [-0.4, -0.2) is 37.6 Å². The number of rotatable bonds is 6. The smallest absolute Gasteiger partial charge is 0.245 e. The van der Waals surface area contributed by atoms with Crippen LogP contribution in [0, 0.1) is 6.92 Å². The molecule has 106 valence electrons. The lowest BCUT2D eigenvalue weighted by atomic mass is 10.3. The topological polar surface area (TPSA) is 89.9 Å². The average Bonchev–Trinajstić information content (AvgIpc) is 2.99. The highest BCUT2D eigenvalue weighted by molar-refractivity contribution is 7.11. The lowest BCUT2D eigenvalue weighted by Crippen LogP contribution is -2.33. The van der Waals surface area contributed by atoms with Gasteiger partial charge >= 0.3 is 0 Å². The summed E-state index contributed by atoms with van der Waals surface area (Å²) in [7, 11) is 0. The fraction of sp³-hybridized carbons (Fsp3) is 0.333. The SMILES string of the molecule is C=CCN(Cc1ccc(C)s1)C(=O)Cn1nnnc1N. The van der Waals surface area contributed by atoms with Gasteiger partial charge in [-0.25, -0.2) is 4.68 Å². The molecular formula is C12H16N6OS. The summed E-state index contributed by atoms with van der Waals surface area (Å²) in [5, 5.41) is 10.6. The first-order chi connectivity index (χ1) is 9.60. The van der Waals surface area contributed by atoms with Gasteiger partial charge in [0.1, 0.15) is 6.54 Å². The van der Waals surface area contributed by atoms with Crippen molar-refractivity contribution in [2.45, 2.75) is 20.0 Å². The normalized spacial score (nSPS) is 10.4. The second-order valence-electron chi connectivity index (χ2n) is 4.27. The average molecular weight is 292 g/mol. The summed E-state index contributed by atoms with van der Waals surface area (Å²) in [6.07, 6.45) is 1.70. The number of aryl methyl sites for hydroxylation is 1. The van der Waals surface area contributed by atoms with E-state index in [0.717, 1.165) is 4.88 Å². The number of hydrogen-bond acceptors (Lipinski definition) is 6. The molecule has 2 heterocycles. The number of nitrogens with zero attached hydrogens (tertiary/aromatic N) is 5. The van der Waals surface area contributed by atoms with Crippen LogP contribution in [-0.2, 0) is 17.9 Å². The van der Waals surface area contributed by atoms with Crippen molar-refractivity contribution in [2.75, 3.05) is 12.3 Å². The molecule has 8 heteroatoms. The van der Waals surface area contributed by atoms with E-state index in [1.165, 1.54) is 9.56 Å². The van der Waals surface area contributed by atoms with Gasteiger partial charge in [0.05, 0.1) is 6.54 Å². The Morgan fingerprint density at radius 3 is 2.95 bits per heavy atom. The summed E-state index contributed by atoms with van der Waals surface area (Å²) in [6, 6.07) is 4.06. The van der Waals surface area contributed by atoms with Gasteiger partial charge in [0.25, 0.3) is 0 Å². The minimum absolute atomic E-state index is 0.0248. The Morgan fingerprint density at radius 2 is 2.40 bits per heavy atom. The van der Waals surface area contributed by atoms with E-state index in [0.29, 0.717) is 13.1 Å². The molecule has 0 spiro atoms. The van der Waals surface area contributed by atoms with Crippen LogP contribution < -0.4 is 5.73 Å². The molecule has 2 N–H and O–H groups in total. The van der Waals surface area contributed by atoms with E-state index in [2.05, 4.69) is 22.1 Å². The number of amides is 1. The molecule has 0 aromatic carbocycles. The minimum atomic E-state index is -0.102. The molecule has 2 aromatic heterocycles. The molecular weight excluding hydrogens is 276 g/mol. The Balaban J connectivity index is 2.05. The molecule has 0 aliphatic rings. The Labute approximate surface area is 120 Å². The van der Waals surface area contributed by atoms with Crippen molar-refractivity contribution in [1.29, 1.82) is 0 Å². The highest BCUT2D eigenvalue weighted by Gasteiger charge is 2.16. The highest BCUT2D eigenvalue weighted by atomic mass is 32.1. The fourth-order valence-corrected chi connectivity index (χ4v) is 2.63. The molecule has 0 unspecified atom stereocenters. The van der Waals surface area contributed by atoms with Crippen molar-refractivity contribution in [3.8, 4) is 0 Å². The highest BCUT2D eigenvalue weighted by Crippen LogP contribution is 2.17. The Kier molecular flexibility index (Phi) is 4.46. The molecule has 2 rings (SSSR count). The molecule has 20 heavy (non-hydrogen) atoms. The van der Waals surface area contributed by atoms with Gasteiger partial charge < -0.3 is 10.6 Å². The third-order valence-corrected chi connectivity index (χ3v) is 3.67. The first-order valence-corrected chi connectivity index (χ1v) is 6.87. The Bertz CT molecular complexity index is 605. The molecule has 0 fully saturated rings. The predicted octanol–water partition coefficient (Wildman–Crippen LogP) is 0.840. The van der Waals surface area contributed by atoms with Crippen LogP contribution >= 0.6 is 11.3 Å². The molecule has 7 nitrogen and oxygen atoms in total. The quantitative estimate of drug-likeness (QED) is 0.797. The van der Waals surface area contributed by atoms with Crippen molar-refractivity contribution in [2.24, 2.45) is 0 Å². The van der Waals surface area contributed by atoms with Crippen molar-refractivity contribution in [3.05, 3.63) is 34.5 Å². The summed E-state index contributed by atoms with van der Waals surface area (Å²) in [4.78, 5) is 16.3. The van der Waals surface area contributed by atoms with Crippen LogP contribution in [0.3, 0.4) is 0 Å². The van der Waals surface area contributed by atoms with Crippen molar-refractivity contribution < 1.29 is 4.79 Å². The maximum absolute atomic E-state index is 12.3. The molecule has 0 bridgehead atoms. The summed E-state index contributed by atoms with van der Waals surface area (Å²) >= 11 is 1.67. The standard InChI is InChI=1S/C12H16N6OS/c1-3-6-17(7-10-5-4-9(2)20-10)11(19)8-18-12(13)14-15-16-18/h3-5H,1,6-8H2,2H3,(H2,13,14,16). The van der Waals surface area contributed by atoms with E-state index in [-0.39, 0.29) is 18.4 Å². The molecule has 0 saturated heterocycles. The molecule has 2 aromatic rings. The molecule has 0 saturated carbocycles.